The van der Waals surface area contributed by atoms with Crippen LogP contribution in [0.4, 0.5) is 5.82 Å². The zero-order valence-corrected chi connectivity index (χ0v) is 18.2. The van der Waals surface area contributed by atoms with Gasteiger partial charge in [-0.05, 0) is 40.3 Å². The Labute approximate surface area is 185 Å². The third-order valence-corrected chi connectivity index (χ3v) is 6.32. The second-order valence-electron chi connectivity index (χ2n) is 7.36. The highest BCUT2D eigenvalue weighted by molar-refractivity contribution is 14.1. The van der Waals surface area contributed by atoms with Crippen LogP contribution in [-0.2, 0) is 16.1 Å². The van der Waals surface area contributed by atoms with Crippen LogP contribution in [0.3, 0.4) is 0 Å². The number of aromatic nitrogens is 4. The van der Waals surface area contributed by atoms with Gasteiger partial charge in [-0.15, -0.1) is 0 Å². The summed E-state index contributed by atoms with van der Waals surface area (Å²) >= 11 is 2.28. The topological polar surface area (TPSA) is 126 Å². The van der Waals surface area contributed by atoms with E-state index in [1.165, 1.54) is 13.4 Å². The molecule has 0 spiro atoms. The number of aliphatic hydroxyl groups is 1. The van der Waals surface area contributed by atoms with E-state index in [9.17, 15) is 9.90 Å². The average molecular weight is 521 g/mol. The number of benzene rings is 1. The number of amides is 1. The van der Waals surface area contributed by atoms with Crippen molar-refractivity contribution in [1.29, 1.82) is 0 Å². The van der Waals surface area contributed by atoms with Crippen molar-refractivity contribution in [3.05, 3.63) is 46.1 Å². The minimum absolute atomic E-state index is 0.249. The van der Waals surface area contributed by atoms with Crippen molar-refractivity contribution >= 4 is 45.5 Å². The standard InChI is InChI=1S/C19H20IN7O3/c1-21-18(29)19-7-23-12(14(19)28)17(30-19)27-9-26-13-15(24-8-25-16(13)27)22-6-10-3-2-4-11(20)5-10/h2-5,8-9,12,14,17,23,28H,6-7H2,1H3,(H,21,29)(H,22,24,25)/t12-,14+,17-,19+/m1/s1. The Bertz CT molecular complexity index is 1120. The van der Waals surface area contributed by atoms with Crippen LogP contribution in [0.1, 0.15) is 11.8 Å². The summed E-state index contributed by atoms with van der Waals surface area (Å²) in [6.45, 7) is 0.845. The zero-order chi connectivity index (χ0) is 20.9. The predicted molar refractivity (Wildman–Crippen MR) is 117 cm³/mol. The number of aliphatic hydroxyl groups excluding tert-OH is 1. The number of likely N-dealkylation sites (N-methyl/N-ethyl adjacent to an activating group) is 1. The molecule has 0 unspecified atom stereocenters. The van der Waals surface area contributed by atoms with E-state index >= 15 is 0 Å². The highest BCUT2D eigenvalue weighted by Crippen LogP contribution is 2.42. The Balaban J connectivity index is 1.44. The van der Waals surface area contributed by atoms with Crippen LogP contribution in [0.15, 0.2) is 36.9 Å². The first-order valence-electron chi connectivity index (χ1n) is 9.51. The molecule has 2 saturated heterocycles. The van der Waals surface area contributed by atoms with Gasteiger partial charge in [-0.25, -0.2) is 15.0 Å². The second-order valence-corrected chi connectivity index (χ2v) is 8.60. The van der Waals surface area contributed by atoms with Gasteiger partial charge in [0.1, 0.15) is 12.4 Å². The monoisotopic (exact) mass is 521 g/mol. The summed E-state index contributed by atoms with van der Waals surface area (Å²) in [5.74, 6) is 0.252. The molecule has 4 heterocycles. The number of nitrogens with zero attached hydrogens (tertiary/aromatic N) is 4. The number of rotatable bonds is 5. The third-order valence-electron chi connectivity index (χ3n) is 5.65. The Morgan fingerprint density at radius 1 is 1.43 bits per heavy atom. The number of hydrogen-bond donors (Lipinski definition) is 4. The van der Waals surface area contributed by atoms with Crippen LogP contribution < -0.4 is 16.0 Å². The molecule has 2 bridgehead atoms. The molecule has 0 saturated carbocycles. The first-order chi connectivity index (χ1) is 14.5. The number of hydrogen-bond acceptors (Lipinski definition) is 8. The Hall–Kier alpha value is -2.35. The minimum atomic E-state index is -1.32. The fraction of sp³-hybridized carbons (Fsp3) is 0.368. The number of ether oxygens (including phenoxy) is 1. The first-order valence-corrected chi connectivity index (χ1v) is 10.6. The maximum Gasteiger partial charge on any atom is 0.256 e. The molecule has 30 heavy (non-hydrogen) atoms. The van der Waals surface area contributed by atoms with Gasteiger partial charge in [0.05, 0.1) is 12.4 Å². The van der Waals surface area contributed by atoms with Crippen LogP contribution >= 0.6 is 22.6 Å². The number of fused-ring (bicyclic) bond motifs is 3. The molecule has 2 aliphatic heterocycles. The lowest BCUT2D eigenvalue weighted by Crippen LogP contribution is -2.54. The van der Waals surface area contributed by atoms with Crippen molar-refractivity contribution in [2.45, 2.75) is 30.5 Å². The summed E-state index contributed by atoms with van der Waals surface area (Å²) in [4.78, 5) is 25.6. The number of carbonyl (C=O) groups is 1. The molecule has 5 rings (SSSR count). The third kappa shape index (κ3) is 2.95. The number of nitrogens with one attached hydrogen (secondary N) is 3. The van der Waals surface area contributed by atoms with Crippen molar-refractivity contribution in [2.24, 2.45) is 0 Å². The Morgan fingerprint density at radius 3 is 3.10 bits per heavy atom. The second kappa shape index (κ2) is 7.41. The smallest absolute Gasteiger partial charge is 0.256 e. The zero-order valence-electron chi connectivity index (χ0n) is 16.0. The van der Waals surface area contributed by atoms with Gasteiger partial charge < -0.3 is 25.8 Å². The average Bonchev–Trinajstić information content (AvgIpc) is 3.42. The molecule has 2 aliphatic rings. The molecule has 11 heteroatoms. The lowest BCUT2D eigenvalue weighted by Gasteiger charge is -2.30. The Morgan fingerprint density at radius 2 is 2.30 bits per heavy atom. The maximum absolute atomic E-state index is 12.4. The van der Waals surface area contributed by atoms with Crippen molar-refractivity contribution in [3.63, 3.8) is 0 Å². The van der Waals surface area contributed by atoms with Gasteiger partial charge in [-0.3, -0.25) is 9.36 Å². The molecule has 4 N–H and O–H groups in total. The molecule has 0 radical (unpaired) electrons. The number of imidazole rings is 1. The van der Waals surface area contributed by atoms with E-state index in [0.29, 0.717) is 23.5 Å². The highest BCUT2D eigenvalue weighted by atomic mass is 127. The SMILES string of the molecule is CNC(=O)[C@@]12CN[C@@H]([C@H](n3cnc4c(NCc5cccc(I)c5)ncnc43)O1)[C@@H]2O. The molecule has 3 aromatic rings. The summed E-state index contributed by atoms with van der Waals surface area (Å²) in [6, 6.07) is 7.74. The van der Waals surface area contributed by atoms with Crippen LogP contribution in [0.2, 0.25) is 0 Å². The van der Waals surface area contributed by atoms with E-state index < -0.39 is 24.0 Å². The largest absolute Gasteiger partial charge is 0.388 e. The van der Waals surface area contributed by atoms with Crippen molar-refractivity contribution in [2.75, 3.05) is 18.9 Å². The van der Waals surface area contributed by atoms with Crippen molar-refractivity contribution < 1.29 is 14.6 Å². The predicted octanol–water partition coefficient (Wildman–Crippen LogP) is 0.389. The Kier molecular flexibility index (Phi) is 4.84. The molecular weight excluding hydrogens is 501 g/mol. The molecule has 156 valence electrons. The van der Waals surface area contributed by atoms with Gasteiger partial charge in [0.2, 0.25) is 0 Å². The van der Waals surface area contributed by atoms with Gasteiger partial charge in [-0.1, -0.05) is 12.1 Å². The fourth-order valence-electron chi connectivity index (χ4n) is 4.14. The van der Waals surface area contributed by atoms with Crippen molar-refractivity contribution in [1.82, 2.24) is 30.2 Å². The summed E-state index contributed by atoms with van der Waals surface area (Å²) in [7, 11) is 1.53. The molecule has 10 nitrogen and oxygen atoms in total. The van der Waals surface area contributed by atoms with Gasteiger partial charge >= 0.3 is 0 Å². The quantitative estimate of drug-likeness (QED) is 0.356. The number of halogens is 1. The van der Waals surface area contributed by atoms with Gasteiger partial charge in [0.25, 0.3) is 5.91 Å². The molecule has 2 fully saturated rings. The van der Waals surface area contributed by atoms with E-state index in [1.807, 2.05) is 18.2 Å². The number of morpholine rings is 1. The molecular formula is C19H20IN7O3. The molecule has 4 atom stereocenters. The van der Waals surface area contributed by atoms with E-state index in [4.69, 9.17) is 4.74 Å². The normalized spacial score (nSPS) is 27.5. The van der Waals surface area contributed by atoms with Gasteiger partial charge in [0.15, 0.2) is 28.8 Å². The summed E-state index contributed by atoms with van der Waals surface area (Å²) in [5.41, 5.74) is 0.968. The van der Waals surface area contributed by atoms with Crippen LogP contribution in [0.25, 0.3) is 11.2 Å². The molecule has 0 aliphatic carbocycles. The summed E-state index contributed by atoms with van der Waals surface area (Å²) in [6.07, 6.45) is 1.48. The van der Waals surface area contributed by atoms with Crippen LogP contribution in [0, 0.1) is 3.57 Å². The van der Waals surface area contributed by atoms with Crippen LogP contribution in [-0.4, -0.2) is 61.9 Å². The lowest BCUT2D eigenvalue weighted by atomic mass is 9.98. The number of carbonyl (C=O) groups excluding carboxylic acids is 1. The summed E-state index contributed by atoms with van der Waals surface area (Å²) < 4.78 is 8.96. The van der Waals surface area contributed by atoms with E-state index in [1.54, 1.807) is 10.9 Å². The molecule has 1 aromatic carbocycles. The maximum atomic E-state index is 12.4. The van der Waals surface area contributed by atoms with Gasteiger partial charge in [-0.2, -0.15) is 0 Å². The minimum Gasteiger partial charge on any atom is -0.388 e. The lowest BCUT2D eigenvalue weighted by molar-refractivity contribution is -0.158. The van der Waals surface area contributed by atoms with E-state index in [0.717, 1.165) is 9.13 Å². The summed E-state index contributed by atoms with van der Waals surface area (Å²) in [5, 5.41) is 19.8. The van der Waals surface area contributed by atoms with Gasteiger partial charge in [0, 0.05) is 23.7 Å². The highest BCUT2D eigenvalue weighted by Gasteiger charge is 2.64. The molecule has 1 amide bonds. The van der Waals surface area contributed by atoms with E-state index in [-0.39, 0.29) is 12.5 Å². The van der Waals surface area contributed by atoms with Crippen LogP contribution in [0.5, 0.6) is 0 Å². The fourth-order valence-corrected chi connectivity index (χ4v) is 4.75. The van der Waals surface area contributed by atoms with Crippen molar-refractivity contribution in [3.8, 4) is 0 Å². The number of anilines is 1. The van der Waals surface area contributed by atoms with E-state index in [2.05, 4.69) is 59.6 Å². The first kappa shape index (κ1) is 19.6. The molecule has 2 aromatic heterocycles.